The maximum absolute atomic E-state index is 14.2. The molecule has 0 spiro atoms. The van der Waals surface area contributed by atoms with E-state index in [-0.39, 0.29) is 19.0 Å². The average Bonchev–Trinajstić information content (AvgIpc) is 2.88. The Morgan fingerprint density at radius 2 is 1.76 bits per heavy atom. The lowest BCUT2D eigenvalue weighted by Gasteiger charge is -2.36. The number of nitrogens with zero attached hydrogens (tertiary/aromatic N) is 1. The Hall–Kier alpha value is -3.54. The van der Waals surface area contributed by atoms with Crippen LogP contribution in [0.25, 0.3) is 0 Å². The normalized spacial score (nSPS) is 13.3. The second-order valence-corrected chi connectivity index (χ2v) is 10.2. The standard InChI is InChI=1S/C29H43N3O6/c1-9-12-15-18-32(27(35)24(20(4)10-2)31-28(36)38-29(5,6)7)25(26(34)30-19-23(33)37-8)22-17-14-13-16-21(22)11-3/h3,13-14,16-17,20,24-25H,9-10,12,15,18-19H2,1-2,4-8H3,(H,30,34)(H,31,36). The maximum Gasteiger partial charge on any atom is 0.408 e. The van der Waals surface area contributed by atoms with Crippen LogP contribution in [-0.4, -0.2) is 60.6 Å². The first-order valence-corrected chi connectivity index (χ1v) is 13.1. The van der Waals surface area contributed by atoms with Crippen LogP contribution in [0.4, 0.5) is 4.79 Å². The lowest BCUT2D eigenvalue weighted by Crippen LogP contribution is -2.55. The molecular formula is C29H43N3O6. The Morgan fingerprint density at radius 3 is 2.32 bits per heavy atom. The number of hydrogen-bond donors (Lipinski definition) is 2. The summed E-state index contributed by atoms with van der Waals surface area (Å²) in [7, 11) is 1.22. The van der Waals surface area contributed by atoms with Gasteiger partial charge in [-0.15, -0.1) is 6.42 Å². The first kappa shape index (κ1) is 32.5. The molecule has 3 unspecified atom stereocenters. The van der Waals surface area contributed by atoms with Crippen molar-refractivity contribution in [2.75, 3.05) is 20.2 Å². The van der Waals surface area contributed by atoms with Gasteiger partial charge in [0.25, 0.3) is 0 Å². The fourth-order valence-corrected chi connectivity index (χ4v) is 3.84. The molecule has 0 aliphatic rings. The molecule has 3 atom stereocenters. The van der Waals surface area contributed by atoms with Gasteiger partial charge in [0.2, 0.25) is 11.8 Å². The number of carbonyl (C=O) groups is 4. The number of esters is 1. The monoisotopic (exact) mass is 529 g/mol. The fraction of sp³-hybridized carbons (Fsp3) is 0.586. The van der Waals surface area contributed by atoms with Gasteiger partial charge in [0.15, 0.2) is 0 Å². The minimum Gasteiger partial charge on any atom is -0.468 e. The van der Waals surface area contributed by atoms with Crippen molar-refractivity contribution in [3.05, 3.63) is 35.4 Å². The summed E-state index contributed by atoms with van der Waals surface area (Å²) in [5.41, 5.74) is 0.136. The molecule has 0 fully saturated rings. The summed E-state index contributed by atoms with van der Waals surface area (Å²) in [5.74, 6) is 0.682. The highest BCUT2D eigenvalue weighted by molar-refractivity contribution is 5.93. The molecular weight excluding hydrogens is 486 g/mol. The Bertz CT molecular complexity index is 995. The Kier molecular flexibility index (Phi) is 13.4. The Labute approximate surface area is 227 Å². The van der Waals surface area contributed by atoms with Gasteiger partial charge >= 0.3 is 12.1 Å². The number of hydrogen-bond acceptors (Lipinski definition) is 6. The Balaban J connectivity index is 3.60. The lowest BCUT2D eigenvalue weighted by molar-refractivity contribution is -0.145. The predicted molar refractivity (Wildman–Crippen MR) is 146 cm³/mol. The van der Waals surface area contributed by atoms with Crippen molar-refractivity contribution in [3.8, 4) is 12.3 Å². The van der Waals surface area contributed by atoms with Gasteiger partial charge < -0.3 is 25.0 Å². The number of nitrogens with one attached hydrogen (secondary N) is 2. The minimum atomic E-state index is -1.14. The van der Waals surface area contributed by atoms with Crippen LogP contribution in [0.5, 0.6) is 0 Å². The number of amides is 3. The first-order valence-electron chi connectivity index (χ1n) is 13.1. The zero-order chi connectivity index (χ0) is 28.9. The van der Waals surface area contributed by atoms with E-state index in [4.69, 9.17) is 11.2 Å². The molecule has 0 saturated carbocycles. The van der Waals surface area contributed by atoms with E-state index >= 15 is 0 Å². The lowest BCUT2D eigenvalue weighted by atomic mass is 9.94. The van der Waals surface area contributed by atoms with Crippen molar-refractivity contribution in [1.82, 2.24) is 15.5 Å². The third-order valence-electron chi connectivity index (χ3n) is 6.04. The van der Waals surface area contributed by atoms with Gasteiger partial charge in [-0.25, -0.2) is 4.79 Å². The quantitative estimate of drug-likeness (QED) is 0.227. The predicted octanol–water partition coefficient (Wildman–Crippen LogP) is 3.96. The number of benzene rings is 1. The Morgan fingerprint density at radius 1 is 1.11 bits per heavy atom. The fourth-order valence-electron chi connectivity index (χ4n) is 3.84. The van der Waals surface area contributed by atoms with Crippen molar-refractivity contribution in [2.45, 2.75) is 84.9 Å². The smallest absolute Gasteiger partial charge is 0.408 e. The van der Waals surface area contributed by atoms with Gasteiger partial charge in [0, 0.05) is 12.1 Å². The van der Waals surface area contributed by atoms with Crippen LogP contribution in [0.15, 0.2) is 24.3 Å². The average molecular weight is 530 g/mol. The van der Waals surface area contributed by atoms with Crippen LogP contribution < -0.4 is 10.6 Å². The highest BCUT2D eigenvalue weighted by Gasteiger charge is 2.38. The first-order chi connectivity index (χ1) is 17.9. The minimum absolute atomic E-state index is 0.241. The summed E-state index contributed by atoms with van der Waals surface area (Å²) in [6.07, 6.45) is 7.97. The summed E-state index contributed by atoms with van der Waals surface area (Å²) >= 11 is 0. The number of terminal acetylenes is 1. The van der Waals surface area contributed by atoms with Gasteiger partial charge in [0.1, 0.15) is 24.2 Å². The molecule has 1 rings (SSSR count). The number of ether oxygens (including phenoxy) is 2. The van der Waals surface area contributed by atoms with Gasteiger partial charge in [0.05, 0.1) is 7.11 Å². The van der Waals surface area contributed by atoms with E-state index in [1.807, 2.05) is 20.8 Å². The summed E-state index contributed by atoms with van der Waals surface area (Å²) in [6, 6.07) is 4.77. The van der Waals surface area contributed by atoms with E-state index in [0.717, 1.165) is 12.8 Å². The second-order valence-electron chi connectivity index (χ2n) is 10.2. The zero-order valence-corrected chi connectivity index (χ0v) is 23.8. The number of methoxy groups -OCH3 is 1. The third kappa shape index (κ3) is 10.1. The summed E-state index contributed by atoms with van der Waals surface area (Å²) < 4.78 is 10.1. The molecule has 0 aromatic heterocycles. The molecule has 0 bridgehead atoms. The molecule has 1 aromatic carbocycles. The van der Waals surface area contributed by atoms with Gasteiger partial charge in [-0.3, -0.25) is 14.4 Å². The van der Waals surface area contributed by atoms with Crippen LogP contribution in [-0.2, 0) is 23.9 Å². The van der Waals surface area contributed by atoms with E-state index in [1.165, 1.54) is 12.0 Å². The van der Waals surface area contributed by atoms with E-state index in [2.05, 4.69) is 21.3 Å². The molecule has 3 amide bonds. The molecule has 9 nitrogen and oxygen atoms in total. The molecule has 0 aliphatic carbocycles. The topological polar surface area (TPSA) is 114 Å². The molecule has 2 N–H and O–H groups in total. The van der Waals surface area contributed by atoms with Crippen LogP contribution in [0.1, 0.15) is 84.4 Å². The summed E-state index contributed by atoms with van der Waals surface area (Å²) in [4.78, 5) is 53.7. The zero-order valence-electron chi connectivity index (χ0n) is 23.8. The highest BCUT2D eigenvalue weighted by atomic mass is 16.6. The SMILES string of the molecule is C#Cc1ccccc1C(C(=O)NCC(=O)OC)N(CCCCC)C(=O)C(NC(=O)OC(C)(C)C)C(C)CC. The molecule has 38 heavy (non-hydrogen) atoms. The molecule has 1 aromatic rings. The molecule has 0 radical (unpaired) electrons. The second kappa shape index (κ2) is 15.7. The summed E-state index contributed by atoms with van der Waals surface area (Å²) in [5, 5.41) is 5.30. The van der Waals surface area contributed by atoms with Crippen molar-refractivity contribution >= 4 is 23.9 Å². The van der Waals surface area contributed by atoms with Crippen LogP contribution in [0, 0.1) is 18.3 Å². The van der Waals surface area contributed by atoms with Gasteiger partial charge in [-0.1, -0.05) is 64.2 Å². The van der Waals surface area contributed by atoms with E-state index in [0.29, 0.717) is 24.0 Å². The highest BCUT2D eigenvalue weighted by Crippen LogP contribution is 2.27. The van der Waals surface area contributed by atoms with Gasteiger partial charge in [-0.2, -0.15) is 0 Å². The molecule has 0 heterocycles. The molecule has 210 valence electrons. The third-order valence-corrected chi connectivity index (χ3v) is 6.04. The molecule has 0 aliphatic heterocycles. The van der Waals surface area contributed by atoms with Crippen molar-refractivity contribution in [1.29, 1.82) is 0 Å². The van der Waals surface area contributed by atoms with E-state index in [9.17, 15) is 19.2 Å². The van der Waals surface area contributed by atoms with Crippen LogP contribution in [0.3, 0.4) is 0 Å². The van der Waals surface area contributed by atoms with Gasteiger partial charge in [-0.05, 0) is 44.7 Å². The number of alkyl carbamates (subject to hydrolysis) is 1. The number of carbonyl (C=O) groups excluding carboxylic acids is 4. The van der Waals surface area contributed by atoms with Crippen molar-refractivity contribution < 1.29 is 28.7 Å². The number of unbranched alkanes of at least 4 members (excludes halogenated alkanes) is 2. The van der Waals surface area contributed by atoms with Crippen molar-refractivity contribution in [2.24, 2.45) is 5.92 Å². The van der Waals surface area contributed by atoms with Crippen molar-refractivity contribution in [3.63, 3.8) is 0 Å². The maximum atomic E-state index is 14.2. The van der Waals surface area contributed by atoms with Crippen LogP contribution >= 0.6 is 0 Å². The van der Waals surface area contributed by atoms with E-state index < -0.39 is 41.6 Å². The van der Waals surface area contributed by atoms with Crippen LogP contribution in [0.2, 0.25) is 0 Å². The molecule has 0 saturated heterocycles. The van der Waals surface area contributed by atoms with E-state index in [1.54, 1.807) is 45.0 Å². The number of rotatable bonds is 13. The summed E-state index contributed by atoms with van der Waals surface area (Å²) in [6.45, 7) is 10.9. The molecule has 9 heteroatoms. The largest absolute Gasteiger partial charge is 0.468 e.